The smallest absolute Gasteiger partial charge is 0.340 e. The molecule has 0 saturated heterocycles. The highest BCUT2D eigenvalue weighted by Crippen LogP contribution is 2.34. The molecule has 0 spiro atoms. The van der Waals surface area contributed by atoms with Crippen LogP contribution >= 0.6 is 0 Å². The number of carbonyl (C=O) groups is 1. The molecule has 0 aliphatic heterocycles. The van der Waals surface area contributed by atoms with Crippen LogP contribution in [0.15, 0.2) is 19.7 Å². The zero-order chi connectivity index (χ0) is 16.2. The van der Waals surface area contributed by atoms with Gasteiger partial charge < -0.3 is 18.7 Å². The Kier molecular flexibility index (Phi) is 3.09. The number of furan rings is 1. The molecule has 22 heavy (non-hydrogen) atoms. The zero-order valence-corrected chi connectivity index (χ0v) is 12.8. The normalized spacial score (nSPS) is 11.5. The van der Waals surface area contributed by atoms with E-state index in [9.17, 15) is 14.7 Å². The van der Waals surface area contributed by atoms with Crippen LogP contribution in [0, 0.1) is 27.7 Å². The topological polar surface area (TPSA) is 83.5 Å². The molecule has 0 aliphatic carbocycles. The third kappa shape index (κ3) is 1.93. The van der Waals surface area contributed by atoms with E-state index in [4.69, 9.17) is 8.83 Å². The molecule has 0 amide bonds. The number of rotatable bonds is 2. The lowest BCUT2D eigenvalue weighted by Crippen LogP contribution is -2.27. The van der Waals surface area contributed by atoms with Gasteiger partial charge in [-0.3, -0.25) is 0 Å². The minimum Gasteiger partial charge on any atom is -0.550 e. The van der Waals surface area contributed by atoms with Crippen LogP contribution in [-0.4, -0.2) is 5.97 Å². The van der Waals surface area contributed by atoms with Gasteiger partial charge in [-0.2, -0.15) is 0 Å². The molecule has 0 unspecified atom stereocenters. The third-order valence-electron chi connectivity index (χ3n) is 4.27. The van der Waals surface area contributed by atoms with Crippen LogP contribution < -0.4 is 10.7 Å². The molecule has 2 aromatic heterocycles. The van der Waals surface area contributed by atoms with Gasteiger partial charge in [0.1, 0.15) is 16.9 Å². The van der Waals surface area contributed by atoms with Crippen molar-refractivity contribution in [2.45, 2.75) is 34.1 Å². The molecule has 3 rings (SSSR count). The summed E-state index contributed by atoms with van der Waals surface area (Å²) in [5.74, 6) is -0.494. The summed E-state index contributed by atoms with van der Waals surface area (Å²) in [6.07, 6.45) is -0.454. The average Bonchev–Trinajstić information content (AvgIpc) is 2.73. The van der Waals surface area contributed by atoms with Gasteiger partial charge in [0, 0.05) is 34.3 Å². The van der Waals surface area contributed by atoms with Crippen LogP contribution in [0.25, 0.3) is 21.9 Å². The van der Waals surface area contributed by atoms with Gasteiger partial charge in [0.2, 0.25) is 0 Å². The fraction of sp³-hybridized carbons (Fsp3) is 0.294. The molecule has 114 valence electrons. The lowest BCUT2D eigenvalue weighted by Gasteiger charge is -2.10. The average molecular weight is 299 g/mol. The van der Waals surface area contributed by atoms with Crippen LogP contribution in [-0.2, 0) is 11.2 Å². The van der Waals surface area contributed by atoms with E-state index in [0.717, 1.165) is 27.7 Å². The molecule has 5 nitrogen and oxygen atoms in total. The predicted octanol–water partition coefficient (Wildman–Crippen LogP) is 2.07. The van der Waals surface area contributed by atoms with Crippen molar-refractivity contribution in [1.82, 2.24) is 0 Å². The summed E-state index contributed by atoms with van der Waals surface area (Å²) >= 11 is 0. The first-order valence-corrected chi connectivity index (χ1v) is 6.96. The Morgan fingerprint density at radius 1 is 1.00 bits per heavy atom. The summed E-state index contributed by atoms with van der Waals surface area (Å²) < 4.78 is 11.1. The number of aryl methyl sites for hydroxylation is 4. The molecule has 0 N–H and O–H groups in total. The fourth-order valence-electron chi connectivity index (χ4n) is 2.84. The van der Waals surface area contributed by atoms with Crippen molar-refractivity contribution < 1.29 is 18.7 Å². The first kappa shape index (κ1) is 14.4. The lowest BCUT2D eigenvalue weighted by molar-refractivity contribution is -0.304. The Morgan fingerprint density at radius 2 is 1.59 bits per heavy atom. The van der Waals surface area contributed by atoms with E-state index < -0.39 is 18.0 Å². The standard InChI is InChI=1S/C17H16O5/c1-7-10(4)21-15-9(3)16-12(5-11(7)15)8(2)13(6-14(18)19)17(20)22-16/h5H,6H2,1-4H3,(H,18,19)/p-1. The Hall–Kier alpha value is -2.56. The SMILES string of the molecule is Cc1oc2c(C)c3oc(=O)c(CC(=O)[O-])c(C)c3cc2c1C. The number of carboxylic acids is 1. The van der Waals surface area contributed by atoms with Crippen LogP contribution in [0.3, 0.4) is 0 Å². The number of fused-ring (bicyclic) bond motifs is 2. The van der Waals surface area contributed by atoms with Gasteiger partial charge in [-0.05, 0) is 44.9 Å². The van der Waals surface area contributed by atoms with Gasteiger partial charge in [0.05, 0.1) is 0 Å². The Balaban J connectivity index is 2.49. The highest BCUT2D eigenvalue weighted by atomic mass is 16.4. The van der Waals surface area contributed by atoms with Gasteiger partial charge in [0.15, 0.2) is 0 Å². The third-order valence-corrected chi connectivity index (χ3v) is 4.27. The summed E-state index contributed by atoms with van der Waals surface area (Å²) in [6.45, 7) is 7.39. The van der Waals surface area contributed by atoms with Crippen molar-refractivity contribution in [2.75, 3.05) is 0 Å². The molecular weight excluding hydrogens is 284 g/mol. The van der Waals surface area contributed by atoms with Gasteiger partial charge in [-0.15, -0.1) is 0 Å². The first-order valence-electron chi connectivity index (χ1n) is 6.96. The van der Waals surface area contributed by atoms with E-state index in [1.54, 1.807) is 6.92 Å². The second-order valence-corrected chi connectivity index (χ2v) is 5.58. The van der Waals surface area contributed by atoms with Crippen molar-refractivity contribution in [3.8, 4) is 0 Å². The summed E-state index contributed by atoms with van der Waals surface area (Å²) in [6, 6.07) is 1.89. The number of carbonyl (C=O) groups excluding carboxylic acids is 1. The first-order chi connectivity index (χ1) is 10.3. The van der Waals surface area contributed by atoms with E-state index in [-0.39, 0.29) is 5.56 Å². The Morgan fingerprint density at radius 3 is 2.23 bits per heavy atom. The van der Waals surface area contributed by atoms with Crippen molar-refractivity contribution in [3.05, 3.63) is 44.5 Å². The van der Waals surface area contributed by atoms with Crippen LogP contribution in [0.4, 0.5) is 0 Å². The lowest BCUT2D eigenvalue weighted by atomic mass is 9.99. The number of carboxylic acid groups (broad SMARTS) is 1. The predicted molar refractivity (Wildman–Crippen MR) is 79.9 cm³/mol. The molecular formula is C17H15O5-. The van der Waals surface area contributed by atoms with E-state index in [0.29, 0.717) is 16.7 Å². The Bertz CT molecular complexity index is 988. The second kappa shape index (κ2) is 4.73. The molecule has 0 bridgehead atoms. The second-order valence-electron chi connectivity index (χ2n) is 5.58. The zero-order valence-electron chi connectivity index (χ0n) is 12.8. The van der Waals surface area contributed by atoms with Gasteiger partial charge in [-0.1, -0.05) is 0 Å². The minimum atomic E-state index is -1.30. The van der Waals surface area contributed by atoms with Crippen molar-refractivity contribution >= 4 is 27.9 Å². The number of hydrogen-bond acceptors (Lipinski definition) is 5. The highest BCUT2D eigenvalue weighted by molar-refractivity contribution is 6.00. The van der Waals surface area contributed by atoms with E-state index >= 15 is 0 Å². The maximum absolute atomic E-state index is 12.1. The van der Waals surface area contributed by atoms with E-state index in [1.165, 1.54) is 0 Å². The molecule has 0 fully saturated rings. The van der Waals surface area contributed by atoms with Crippen molar-refractivity contribution in [3.63, 3.8) is 0 Å². The van der Waals surface area contributed by atoms with Gasteiger partial charge in [0.25, 0.3) is 0 Å². The fourth-order valence-corrected chi connectivity index (χ4v) is 2.84. The monoisotopic (exact) mass is 299 g/mol. The summed E-state index contributed by atoms with van der Waals surface area (Å²) in [5, 5.41) is 12.5. The van der Waals surface area contributed by atoms with E-state index in [2.05, 4.69) is 0 Å². The number of hydrogen-bond donors (Lipinski definition) is 0. The molecule has 3 aromatic rings. The largest absolute Gasteiger partial charge is 0.550 e. The van der Waals surface area contributed by atoms with Crippen molar-refractivity contribution in [1.29, 1.82) is 0 Å². The molecule has 0 aliphatic rings. The quantitative estimate of drug-likeness (QED) is 0.676. The van der Waals surface area contributed by atoms with Gasteiger partial charge in [-0.25, -0.2) is 4.79 Å². The highest BCUT2D eigenvalue weighted by Gasteiger charge is 2.18. The molecule has 0 atom stereocenters. The van der Waals surface area contributed by atoms with Crippen LogP contribution in [0.2, 0.25) is 0 Å². The molecule has 2 heterocycles. The summed E-state index contributed by atoms with van der Waals surface area (Å²) in [5.41, 5.74) is 2.99. The molecule has 0 saturated carbocycles. The minimum absolute atomic E-state index is 0.129. The number of benzene rings is 1. The van der Waals surface area contributed by atoms with E-state index in [1.807, 2.05) is 26.8 Å². The molecule has 5 heteroatoms. The van der Waals surface area contributed by atoms with Crippen LogP contribution in [0.5, 0.6) is 0 Å². The Labute approximate surface area is 126 Å². The van der Waals surface area contributed by atoms with Crippen LogP contribution in [0.1, 0.15) is 28.0 Å². The molecule has 0 radical (unpaired) electrons. The van der Waals surface area contributed by atoms with Gasteiger partial charge >= 0.3 is 5.63 Å². The maximum atomic E-state index is 12.1. The van der Waals surface area contributed by atoms with Crippen molar-refractivity contribution in [2.24, 2.45) is 0 Å². The summed E-state index contributed by atoms with van der Waals surface area (Å²) in [4.78, 5) is 22.9. The molecule has 1 aromatic carbocycles. The number of aliphatic carboxylic acids is 1. The summed E-state index contributed by atoms with van der Waals surface area (Å²) in [7, 11) is 0. The maximum Gasteiger partial charge on any atom is 0.340 e.